The average molecular weight is 683 g/mol. The van der Waals surface area contributed by atoms with Crippen LogP contribution in [0.4, 0.5) is 0 Å². The van der Waals surface area contributed by atoms with Gasteiger partial charge in [0.1, 0.15) is 0 Å². The third-order valence-electron chi connectivity index (χ3n) is 14.5. The van der Waals surface area contributed by atoms with Crippen molar-refractivity contribution in [1.82, 2.24) is 0 Å². The van der Waals surface area contributed by atoms with Crippen LogP contribution in [-0.2, 0) is 0 Å². The van der Waals surface area contributed by atoms with E-state index in [9.17, 15) is 0 Å². The van der Waals surface area contributed by atoms with Crippen LogP contribution in [0.1, 0.15) is 106 Å². The second kappa shape index (κ2) is 11.7. The Balaban J connectivity index is 1.30. The first-order chi connectivity index (χ1) is 20.8. The lowest BCUT2D eigenvalue weighted by Gasteiger charge is -2.62. The molecule has 0 aromatic rings. The molecule has 8 saturated carbocycles. The summed E-state index contributed by atoms with van der Waals surface area (Å²) >= 11 is 0. The second-order valence-corrected chi connectivity index (χ2v) is 38.6. The van der Waals surface area contributed by atoms with Crippen molar-refractivity contribution in [3.63, 3.8) is 0 Å². The van der Waals surface area contributed by atoms with Crippen LogP contribution < -0.4 is 0 Å². The monoisotopic (exact) mass is 682 g/mol. The zero-order valence-electron chi connectivity index (χ0n) is 31.8. The number of hydrogen-bond donors (Lipinski definition) is 0. The Labute approximate surface area is 285 Å². The molecule has 9 aliphatic carbocycles. The third-order valence-corrected chi connectivity index (χ3v) is 26.9. The highest BCUT2D eigenvalue weighted by atomic mass is 31.1. The zero-order valence-corrected chi connectivity index (χ0v) is 35.6. The molecule has 9 rings (SSSR count). The van der Waals surface area contributed by atoms with E-state index >= 15 is 0 Å². The van der Waals surface area contributed by atoms with Gasteiger partial charge in [0, 0.05) is 5.92 Å². The van der Waals surface area contributed by atoms with Crippen LogP contribution >= 0.6 is 15.8 Å². The van der Waals surface area contributed by atoms with Gasteiger partial charge in [0.2, 0.25) is 0 Å². The van der Waals surface area contributed by atoms with Gasteiger partial charge in [0.05, 0.1) is 16.1 Å². The van der Waals surface area contributed by atoms with Crippen LogP contribution in [0, 0.1) is 53.3 Å². The van der Waals surface area contributed by atoms with E-state index in [1.807, 2.05) is 16.0 Å². The van der Waals surface area contributed by atoms with Crippen LogP contribution in [0.15, 0.2) is 22.0 Å². The molecule has 0 nitrogen and oxygen atoms in total. The molecule has 0 aliphatic heterocycles. The second-order valence-electron chi connectivity index (χ2n) is 22.1. The van der Waals surface area contributed by atoms with Crippen LogP contribution in [0.25, 0.3) is 0 Å². The Morgan fingerprint density at radius 3 is 1.27 bits per heavy atom. The molecule has 1 atom stereocenters. The molecule has 0 amide bonds. The smallest absolute Gasteiger partial charge is 0.0770 e. The first kappa shape index (κ1) is 34.2. The number of hydrogen-bond acceptors (Lipinski definition) is 0. The van der Waals surface area contributed by atoms with E-state index in [1.54, 1.807) is 70.4 Å². The van der Waals surface area contributed by atoms with Gasteiger partial charge in [0.15, 0.2) is 0 Å². The minimum absolute atomic E-state index is 0.0540. The van der Waals surface area contributed by atoms with Crippen molar-refractivity contribution in [3.8, 4) is 0 Å². The third kappa shape index (κ3) is 6.44. The van der Waals surface area contributed by atoms with Crippen LogP contribution in [-0.4, -0.2) is 50.1 Å². The van der Waals surface area contributed by atoms with E-state index in [1.165, 1.54) is 6.16 Å². The Morgan fingerprint density at radius 2 is 0.956 bits per heavy atom. The van der Waals surface area contributed by atoms with E-state index < -0.39 is 16.1 Å². The first-order valence-electron chi connectivity index (χ1n) is 19.8. The van der Waals surface area contributed by atoms with Crippen molar-refractivity contribution in [2.75, 3.05) is 12.3 Å². The van der Waals surface area contributed by atoms with E-state index in [0.717, 1.165) is 64.6 Å². The minimum Gasteiger partial charge on any atom is -0.0950 e. The molecule has 0 aromatic heterocycles. The van der Waals surface area contributed by atoms with Gasteiger partial charge in [-0.25, -0.2) is 0 Å². The topological polar surface area (TPSA) is 0 Å². The molecule has 45 heavy (non-hydrogen) atoms. The van der Waals surface area contributed by atoms with Crippen molar-refractivity contribution in [3.05, 3.63) is 22.0 Å². The predicted molar refractivity (Wildman–Crippen MR) is 210 cm³/mol. The SMILES string of the molecule is CC(C)(C)P(CC1C(CP(C2C3CC4CC(C3)CC2C4)C2C3CC4CC(C3)CC2C4)=CC([Si](C)(C)C)=C1[Si](C)(C)C)C(C)(C)C. The molecule has 254 valence electrons. The summed E-state index contributed by atoms with van der Waals surface area (Å²) in [7, 11) is -3.00. The van der Waals surface area contributed by atoms with Gasteiger partial charge < -0.3 is 0 Å². The summed E-state index contributed by atoms with van der Waals surface area (Å²) in [4.78, 5) is 0. The fourth-order valence-electron chi connectivity index (χ4n) is 13.9. The van der Waals surface area contributed by atoms with Crippen LogP contribution in [0.3, 0.4) is 0 Å². The standard InChI is InChI=1S/C41H72P2Si2/c1-40(2,3)43(41(4,5)6)25-35-34(23-36(44(7,8)9)39(35)45(10,11)12)24-42(37-30-15-26-13-27(17-30)18-31(37)16-26)38-32-19-28-14-29(21-32)22-33(38)20-28/h23,26-33,35,37-38H,13-22,24-25H2,1-12H3. The lowest BCUT2D eigenvalue weighted by molar-refractivity contribution is 0.0131. The molecule has 0 radical (unpaired) electrons. The fraction of sp³-hybridized carbons (Fsp3) is 0.902. The molecule has 4 heteroatoms. The minimum atomic E-state index is -1.49. The molecule has 0 saturated heterocycles. The molecule has 9 aliphatic rings. The quantitative estimate of drug-likeness (QED) is 0.177. The van der Waals surface area contributed by atoms with Crippen molar-refractivity contribution in [2.45, 2.75) is 167 Å². The van der Waals surface area contributed by atoms with Gasteiger partial charge >= 0.3 is 0 Å². The van der Waals surface area contributed by atoms with Crippen molar-refractivity contribution < 1.29 is 0 Å². The largest absolute Gasteiger partial charge is 0.0950 e. The molecule has 0 N–H and O–H groups in total. The maximum Gasteiger partial charge on any atom is 0.0770 e. The number of rotatable bonds is 8. The molecular formula is C41H72P2Si2. The lowest BCUT2D eigenvalue weighted by atomic mass is 9.55. The van der Waals surface area contributed by atoms with Gasteiger partial charge in [-0.15, -0.1) is 0 Å². The Hall–Kier alpha value is 0.774. The molecule has 8 bridgehead atoms. The maximum absolute atomic E-state index is 2.99. The lowest BCUT2D eigenvalue weighted by Crippen LogP contribution is -2.53. The van der Waals surface area contributed by atoms with Crippen molar-refractivity contribution >= 4 is 32.0 Å². The average Bonchev–Trinajstić information content (AvgIpc) is 3.23. The summed E-state index contributed by atoms with van der Waals surface area (Å²) < 4.78 is 0. The van der Waals surface area contributed by atoms with Gasteiger partial charge in [-0.3, -0.25) is 0 Å². The predicted octanol–water partition coefficient (Wildman–Crippen LogP) is 12.8. The van der Waals surface area contributed by atoms with E-state index in [-0.39, 0.29) is 15.8 Å². The summed E-state index contributed by atoms with van der Waals surface area (Å²) in [5.41, 5.74) is 4.25. The van der Waals surface area contributed by atoms with Crippen LogP contribution in [0.2, 0.25) is 39.3 Å². The maximum atomic E-state index is 2.99. The zero-order chi connectivity index (χ0) is 32.4. The van der Waals surface area contributed by atoms with Crippen molar-refractivity contribution in [2.24, 2.45) is 53.3 Å². The van der Waals surface area contributed by atoms with Crippen molar-refractivity contribution in [1.29, 1.82) is 0 Å². The Bertz CT molecular complexity index is 1090. The molecule has 1 unspecified atom stereocenters. The van der Waals surface area contributed by atoms with Crippen LogP contribution in [0.5, 0.6) is 0 Å². The van der Waals surface area contributed by atoms with E-state index in [0.29, 0.717) is 10.3 Å². The highest BCUT2D eigenvalue weighted by molar-refractivity contribution is 7.61. The fourth-order valence-corrected chi connectivity index (χ4v) is 28.7. The normalized spacial score (nSPS) is 41.9. The van der Waals surface area contributed by atoms with Gasteiger partial charge in [0.25, 0.3) is 0 Å². The highest BCUT2D eigenvalue weighted by Crippen LogP contribution is 2.72. The first-order valence-corrected chi connectivity index (χ1v) is 30.0. The summed E-state index contributed by atoms with van der Waals surface area (Å²) in [5.74, 6) is 9.62. The highest BCUT2D eigenvalue weighted by Gasteiger charge is 2.57. The Morgan fingerprint density at radius 1 is 0.578 bits per heavy atom. The number of allylic oxidation sites excluding steroid dienone is 4. The molecule has 0 aromatic carbocycles. The molecular weight excluding hydrogens is 611 g/mol. The van der Waals surface area contributed by atoms with E-state index in [2.05, 4.69) is 86.9 Å². The molecule has 0 heterocycles. The van der Waals surface area contributed by atoms with Gasteiger partial charge in [-0.05, 0) is 146 Å². The van der Waals surface area contributed by atoms with Gasteiger partial charge in [-0.1, -0.05) is 119 Å². The molecule has 0 spiro atoms. The van der Waals surface area contributed by atoms with E-state index in [4.69, 9.17) is 0 Å². The summed E-state index contributed by atoms with van der Waals surface area (Å²) in [5, 5.41) is 4.78. The Kier molecular flexibility index (Phi) is 8.87. The summed E-state index contributed by atoms with van der Waals surface area (Å²) in [6.07, 6.45) is 22.3. The molecule has 8 fully saturated rings. The van der Waals surface area contributed by atoms with Gasteiger partial charge in [-0.2, -0.15) is 0 Å². The summed E-state index contributed by atoms with van der Waals surface area (Å²) in [6.45, 7) is 31.8. The summed E-state index contributed by atoms with van der Waals surface area (Å²) in [6, 6.07) is 0.